The molecule has 0 radical (unpaired) electrons. The van der Waals surface area contributed by atoms with Crippen molar-refractivity contribution < 1.29 is 54.2 Å². The molecule has 5 aromatic rings. The zero-order valence-corrected chi connectivity index (χ0v) is 32.1. The molecule has 3 atom stereocenters. The maximum atomic E-state index is 15.8. The van der Waals surface area contributed by atoms with Crippen LogP contribution in [0.2, 0.25) is 0 Å². The summed E-state index contributed by atoms with van der Waals surface area (Å²) in [5, 5.41) is 9.24. The van der Waals surface area contributed by atoms with Gasteiger partial charge < -0.3 is 26.0 Å². The van der Waals surface area contributed by atoms with Crippen LogP contribution in [0.1, 0.15) is 63.4 Å². The number of halogens is 8. The predicted molar refractivity (Wildman–Crippen MR) is 201 cm³/mol. The summed E-state index contributed by atoms with van der Waals surface area (Å²) in [6.07, 6.45) is -3.05. The average Bonchev–Trinajstić information content (AvgIpc) is 4.01. The minimum absolute atomic E-state index is 0.0202. The van der Waals surface area contributed by atoms with Gasteiger partial charge in [0.15, 0.2) is 16.5 Å². The van der Waals surface area contributed by atoms with Crippen LogP contribution in [0.15, 0.2) is 60.3 Å². The number of alkyl halides is 5. The number of piperidine rings is 1. The van der Waals surface area contributed by atoms with Crippen LogP contribution in [0.5, 0.6) is 0 Å². The van der Waals surface area contributed by atoms with E-state index in [0.29, 0.717) is 53.1 Å². The van der Waals surface area contributed by atoms with Crippen molar-refractivity contribution in [1.29, 1.82) is 0 Å². The quantitative estimate of drug-likeness (QED) is 0.108. The van der Waals surface area contributed by atoms with Gasteiger partial charge in [-0.1, -0.05) is 17.4 Å². The van der Waals surface area contributed by atoms with Crippen molar-refractivity contribution in [2.24, 2.45) is 11.7 Å². The number of ether oxygens (including phenoxy) is 1. The fourth-order valence-electron chi connectivity index (χ4n) is 8.51. The topological polar surface area (TPSA) is 157 Å². The summed E-state index contributed by atoms with van der Waals surface area (Å²) in [6.45, 7) is 0.0969. The Balaban J connectivity index is 1.13. The molecular weight excluding hydrogens is 841 g/mol. The van der Waals surface area contributed by atoms with E-state index in [1.807, 2.05) is 4.90 Å². The van der Waals surface area contributed by atoms with Gasteiger partial charge in [0, 0.05) is 49.0 Å². The van der Waals surface area contributed by atoms with Crippen LogP contribution in [0, 0.1) is 23.4 Å². The maximum Gasteiger partial charge on any atom is 0.435 e. The first-order valence-electron chi connectivity index (χ1n) is 18.8. The van der Waals surface area contributed by atoms with Gasteiger partial charge in [0.25, 0.3) is 11.8 Å². The van der Waals surface area contributed by atoms with Crippen molar-refractivity contribution in [3.63, 3.8) is 0 Å². The molecule has 5 heterocycles. The first-order chi connectivity index (χ1) is 28.9. The lowest BCUT2D eigenvalue weighted by Gasteiger charge is -2.36. The van der Waals surface area contributed by atoms with Crippen molar-refractivity contribution in [3.05, 3.63) is 112 Å². The van der Waals surface area contributed by atoms with Gasteiger partial charge in [0.05, 0.1) is 34.5 Å². The lowest BCUT2D eigenvalue weighted by molar-refractivity contribution is -0.142. The molecule has 4 N–H and O–H groups in total. The number of carbonyl (C=O) groups is 3. The zero-order chi connectivity index (χ0) is 43.2. The number of hydrogen-bond acceptors (Lipinski definition) is 9. The number of primary amides is 1. The van der Waals surface area contributed by atoms with Crippen LogP contribution in [0.3, 0.4) is 0 Å². The molecule has 316 valence electrons. The third-order valence-corrected chi connectivity index (χ3v) is 12.4. The Morgan fingerprint density at radius 3 is 2.46 bits per heavy atom. The minimum Gasteiger partial charge on any atom is -0.441 e. The number of thiazole rings is 1. The van der Waals surface area contributed by atoms with Gasteiger partial charge in [-0.15, -0.1) is 5.73 Å². The number of anilines is 1. The number of nitrogens with zero attached hydrogens (tertiary/aromatic N) is 5. The number of rotatable bonds is 9. The maximum absolute atomic E-state index is 15.8. The first kappa shape index (κ1) is 40.1. The summed E-state index contributed by atoms with van der Waals surface area (Å²) < 4.78 is 125. The number of allylic oxidation sites excluding steroid dienone is 1. The fourth-order valence-corrected chi connectivity index (χ4v) is 9.51. The van der Waals surface area contributed by atoms with Crippen LogP contribution in [0.4, 0.5) is 45.0 Å². The Kier molecular flexibility index (Phi) is 9.46. The molecule has 2 aliphatic heterocycles. The van der Waals surface area contributed by atoms with Gasteiger partial charge in [-0.05, 0) is 60.0 Å². The molecule has 21 heteroatoms. The van der Waals surface area contributed by atoms with E-state index in [1.165, 1.54) is 17.4 Å². The largest absolute Gasteiger partial charge is 0.441 e. The van der Waals surface area contributed by atoms with Gasteiger partial charge >= 0.3 is 12.3 Å². The first-order valence-corrected chi connectivity index (χ1v) is 19.6. The number of hydrogen-bond donors (Lipinski definition) is 3. The number of nitrogens with two attached hydrogens (primary N) is 1. The second kappa shape index (κ2) is 14.4. The smallest absolute Gasteiger partial charge is 0.435 e. The number of alkyl carbamates (subject to hydrolysis) is 1. The van der Waals surface area contributed by atoms with Crippen molar-refractivity contribution in [2.75, 3.05) is 24.5 Å². The standard InChI is InChI=1S/C40H30F8N8O4S/c41-20-10-18(11-21(42)14-20)12-27(51-29(57)16-56-33-30(32(54-56)40(46,47)48)22-2-1-3-25(22)39(33,44)45)31-23(19-4-5-26(43)24(13-19)34(49)58)15-28-35(52-31)53-36(61-28)55-8-6-38(7-9-55)17-50-37(59)60-38/h2-5,10-11,13-15,22,25,27H,6-9,12,16-17H2,(H2,49,58)(H,50,59)(H,51,57)/t22-,25+,27-/m0/s1. The minimum atomic E-state index is -5.16. The van der Waals surface area contributed by atoms with Crippen molar-refractivity contribution in [3.8, 4) is 11.1 Å². The molecule has 1 spiro atoms. The molecule has 4 aliphatic rings. The highest BCUT2D eigenvalue weighted by Gasteiger charge is 2.60. The highest BCUT2D eigenvalue weighted by molar-refractivity contribution is 7.22. The fraction of sp³-hybridized carbons (Fsp3) is 0.325. The number of amides is 3. The van der Waals surface area contributed by atoms with Crippen molar-refractivity contribution in [2.45, 2.75) is 55.5 Å². The Hall–Kier alpha value is -6.34. The molecule has 2 aromatic carbocycles. The summed E-state index contributed by atoms with van der Waals surface area (Å²) in [6, 6.07) is 6.14. The van der Waals surface area contributed by atoms with Crippen LogP contribution in [0.25, 0.3) is 21.5 Å². The Labute approximate surface area is 343 Å². The number of aromatic nitrogens is 4. The summed E-state index contributed by atoms with van der Waals surface area (Å²) >= 11 is 1.22. The Bertz CT molecular complexity index is 2720. The molecule has 0 saturated carbocycles. The van der Waals surface area contributed by atoms with E-state index in [4.69, 9.17) is 20.4 Å². The van der Waals surface area contributed by atoms with Gasteiger partial charge in [0.2, 0.25) is 5.91 Å². The SMILES string of the molecule is NC(=O)c1cc(-c2cc3sc(N4CCC5(CC4)CNC(=O)O5)nc3nc2[C@H](Cc2cc(F)cc(F)c2)NC(=O)Cn2nc(C(F)(F)F)c3c2C(F)(F)[C@@H]2C=C=C[C@H]32)ccc1F. The summed E-state index contributed by atoms with van der Waals surface area (Å²) in [7, 11) is 0. The highest BCUT2D eigenvalue weighted by atomic mass is 32.1. The van der Waals surface area contributed by atoms with E-state index >= 15 is 8.78 Å². The van der Waals surface area contributed by atoms with Crippen molar-refractivity contribution in [1.82, 2.24) is 30.4 Å². The van der Waals surface area contributed by atoms with E-state index in [2.05, 4.69) is 21.5 Å². The monoisotopic (exact) mass is 870 g/mol. The molecular formula is C40H30F8N8O4S. The summed E-state index contributed by atoms with van der Waals surface area (Å²) in [5.41, 5.74) is 3.67. The van der Waals surface area contributed by atoms with Crippen LogP contribution in [-0.2, 0) is 34.6 Å². The molecule has 12 nitrogen and oxygen atoms in total. The Morgan fingerprint density at radius 1 is 1.05 bits per heavy atom. The molecule has 3 aromatic heterocycles. The molecule has 61 heavy (non-hydrogen) atoms. The van der Waals surface area contributed by atoms with E-state index in [9.17, 15) is 40.7 Å². The molecule has 2 aliphatic carbocycles. The zero-order valence-electron chi connectivity index (χ0n) is 31.3. The second-order valence-corrected chi connectivity index (χ2v) is 16.3. The van der Waals surface area contributed by atoms with E-state index in [-0.39, 0.29) is 28.0 Å². The lowest BCUT2D eigenvalue weighted by Crippen LogP contribution is -2.46. The second-order valence-electron chi connectivity index (χ2n) is 15.3. The Morgan fingerprint density at radius 2 is 1.79 bits per heavy atom. The van der Waals surface area contributed by atoms with Crippen LogP contribution >= 0.6 is 11.3 Å². The van der Waals surface area contributed by atoms with E-state index < -0.39 is 106 Å². The van der Waals surface area contributed by atoms with Gasteiger partial charge in [-0.2, -0.15) is 32.0 Å². The predicted octanol–water partition coefficient (Wildman–Crippen LogP) is 6.80. The number of fused-ring (bicyclic) bond motifs is 4. The highest BCUT2D eigenvalue weighted by Crippen LogP contribution is 2.58. The third-order valence-electron chi connectivity index (χ3n) is 11.3. The molecule has 0 unspecified atom stereocenters. The van der Waals surface area contributed by atoms with Gasteiger partial charge in [-0.3, -0.25) is 14.3 Å². The van der Waals surface area contributed by atoms with Crippen molar-refractivity contribution >= 4 is 44.7 Å². The van der Waals surface area contributed by atoms with Gasteiger partial charge in [-0.25, -0.2) is 22.9 Å². The average molecular weight is 871 g/mol. The van der Waals surface area contributed by atoms with E-state index in [0.717, 1.165) is 36.4 Å². The molecule has 3 amide bonds. The third kappa shape index (κ3) is 7.14. The molecule has 2 saturated heterocycles. The van der Waals surface area contributed by atoms with Gasteiger partial charge in [0.1, 0.15) is 35.3 Å². The number of pyridine rings is 1. The van der Waals surface area contributed by atoms with Crippen LogP contribution in [-0.4, -0.2) is 62.9 Å². The molecule has 9 rings (SSSR count). The molecule has 0 bridgehead atoms. The summed E-state index contributed by atoms with van der Waals surface area (Å²) in [4.78, 5) is 49.5. The summed E-state index contributed by atoms with van der Waals surface area (Å²) in [5.74, 6) is -12.1. The van der Waals surface area contributed by atoms with Crippen LogP contribution < -0.4 is 21.3 Å². The number of benzene rings is 2. The number of nitrogens with one attached hydrogen (secondary N) is 2. The van der Waals surface area contributed by atoms with E-state index in [1.54, 1.807) is 6.07 Å². The molecule has 2 fully saturated rings. The number of carbonyl (C=O) groups excluding carboxylic acids is 3. The normalized spacial score (nSPS) is 20.2. The lowest BCUT2D eigenvalue weighted by atomic mass is 9.92.